The third-order valence-corrected chi connectivity index (χ3v) is 19.3. The van der Waals surface area contributed by atoms with Crippen LogP contribution in [0.3, 0.4) is 0 Å². The molecule has 0 heterocycles. The Balaban J connectivity index is 2.46. The molecule has 0 aliphatic heterocycles. The van der Waals surface area contributed by atoms with Gasteiger partial charge in [-0.2, -0.15) is 13.2 Å². The number of hydrogen-bond donors (Lipinski definition) is 18. The number of benzene rings is 2. The van der Waals surface area contributed by atoms with Crippen LogP contribution in [0.5, 0.6) is 0 Å². The van der Waals surface area contributed by atoms with Crippen molar-refractivity contribution in [1.82, 2.24) is 47.9 Å². The molecule has 9 amide bonds. The second kappa shape index (κ2) is 53.2. The highest BCUT2D eigenvalue weighted by molar-refractivity contribution is 5.86. The van der Waals surface area contributed by atoms with E-state index in [1.165, 1.54) is 18.2 Å². The monoisotopic (exact) mass is 1580 g/mol. The summed E-state index contributed by atoms with van der Waals surface area (Å²) in [5.41, 5.74) is 38.9. The number of carbonyl (C=O) groups excluding carboxylic acids is 9. The molecule has 0 fully saturated rings. The number of carboxylic acid groups (broad SMARTS) is 2. The second-order valence-electron chi connectivity index (χ2n) is 29.8. The predicted octanol–water partition coefficient (Wildman–Crippen LogP) is 3.77. The van der Waals surface area contributed by atoms with Gasteiger partial charge in [-0.15, -0.1) is 0 Å². The minimum absolute atomic E-state index is 0.0132. The Bertz CT molecular complexity index is 3360. The summed E-state index contributed by atoms with van der Waals surface area (Å²) in [6.45, 7) is 15.7. The molecule has 0 radical (unpaired) electrons. The van der Waals surface area contributed by atoms with E-state index < -0.39 is 163 Å². The molecule has 0 spiro atoms. The Morgan fingerprint density at radius 3 is 1.16 bits per heavy atom. The number of nitrogens with one attached hydrogen (secondary N) is 9. The number of amides is 9. The molecule has 2 aromatic rings. The fourth-order valence-corrected chi connectivity index (χ4v) is 12.9. The lowest BCUT2D eigenvalue weighted by Gasteiger charge is -2.28. The standard InChI is InChI=1S/C77H128F3N19O13/c1-9-47(6)60(97-63(100)36-52(81)24-19-31-89-75(84)85)43-69(106)94-56(33-46(4)5)39-64(101)91-53(25-17-18-30-88-74(82)83)37-67(104)98-62(49(8)11-3)45-71(108)96-58(35-51-23-15-16-27-59(51)77(78,79)80)41-66(103)92-54(26-20-32-90-76(86)87)38-68(105)99-61(48(7)10-2)44-70(107)95-57(34-50-21-13-12-14-22-50)40-65(102)93-55(42-73(111)112)28-29-72(109)110/h12-16,21-23,27,46-49,52-58,60-62H,9-11,17-20,24-26,28-45,81H2,1-8H3,(H,91,101)(H,92,103)(H,93,102)(H,94,106)(H,95,107)(H,96,108)(H,97,100)(H,98,104)(H,99,105)(H,109,110)(H,111,112)(H4,82,83,88)(H4,84,85,89)(H4,86,87,90)/t47-,48-,49-,52-,53-,54-,55-,56-,57-,58-,60+,61+,62+/m0/s1. The first kappa shape index (κ1) is 98.2. The van der Waals surface area contributed by atoms with E-state index in [0.29, 0.717) is 57.9 Å². The minimum atomic E-state index is -4.84. The third-order valence-electron chi connectivity index (χ3n) is 19.3. The van der Waals surface area contributed by atoms with Crippen molar-refractivity contribution >= 4 is 83.0 Å². The molecule has 0 bridgehead atoms. The van der Waals surface area contributed by atoms with Crippen LogP contribution in [0.25, 0.3) is 0 Å². The molecule has 35 heteroatoms. The average Bonchev–Trinajstić information content (AvgIpc) is 0.821. The Hall–Kier alpha value is -9.83. The van der Waals surface area contributed by atoms with Crippen LogP contribution in [0.2, 0.25) is 0 Å². The lowest BCUT2D eigenvalue weighted by atomic mass is 9.94. The zero-order valence-corrected chi connectivity index (χ0v) is 66.5. The van der Waals surface area contributed by atoms with Crippen LogP contribution in [-0.4, -0.2) is 173 Å². The average molecular weight is 1580 g/mol. The maximum absolute atomic E-state index is 14.7. The van der Waals surface area contributed by atoms with E-state index >= 15 is 0 Å². The molecule has 13 atom stereocenters. The van der Waals surface area contributed by atoms with Crippen LogP contribution >= 0.6 is 0 Å². The van der Waals surface area contributed by atoms with Crippen molar-refractivity contribution in [2.45, 2.75) is 283 Å². The molecule has 0 aliphatic rings. The molecule has 25 N–H and O–H groups in total. The van der Waals surface area contributed by atoms with E-state index in [1.54, 1.807) is 37.3 Å². The summed E-state index contributed by atoms with van der Waals surface area (Å²) in [4.78, 5) is 161. The van der Waals surface area contributed by atoms with Gasteiger partial charge >= 0.3 is 18.1 Å². The molecule has 0 aromatic heterocycles. The lowest BCUT2D eigenvalue weighted by Crippen LogP contribution is -2.49. The summed E-state index contributed by atoms with van der Waals surface area (Å²) in [5, 5.41) is 44.6. The zero-order chi connectivity index (χ0) is 84.0. The highest BCUT2D eigenvalue weighted by Crippen LogP contribution is 2.33. The maximum atomic E-state index is 14.7. The molecule has 0 unspecified atom stereocenters. The van der Waals surface area contributed by atoms with Crippen molar-refractivity contribution in [3.05, 3.63) is 71.3 Å². The molecule has 0 aliphatic carbocycles. The van der Waals surface area contributed by atoms with E-state index in [1.807, 2.05) is 48.5 Å². The van der Waals surface area contributed by atoms with Gasteiger partial charge in [-0.25, -0.2) is 0 Å². The summed E-state index contributed by atoms with van der Waals surface area (Å²) < 4.78 is 44.0. The molecule has 112 heavy (non-hydrogen) atoms. The van der Waals surface area contributed by atoms with Crippen molar-refractivity contribution in [2.24, 2.45) is 78.8 Å². The fraction of sp³-hybridized carbons (Fsp3) is 0.662. The van der Waals surface area contributed by atoms with Crippen LogP contribution < -0.4 is 88.0 Å². The van der Waals surface area contributed by atoms with Crippen molar-refractivity contribution in [2.75, 3.05) is 19.6 Å². The summed E-state index contributed by atoms with van der Waals surface area (Å²) in [5.74, 6) is -8.64. The molecule has 0 saturated carbocycles. The van der Waals surface area contributed by atoms with Gasteiger partial charge in [-0.3, -0.25) is 67.7 Å². The molecule has 630 valence electrons. The number of halogens is 3. The summed E-state index contributed by atoms with van der Waals surface area (Å²) in [6, 6.07) is 5.28. The number of unbranched alkanes of at least 4 members (excludes halogenated alkanes) is 1. The number of hydrogen-bond acceptors (Lipinski definition) is 15. The minimum Gasteiger partial charge on any atom is -0.481 e. The van der Waals surface area contributed by atoms with Crippen molar-refractivity contribution < 1.29 is 76.1 Å². The van der Waals surface area contributed by atoms with Crippen LogP contribution in [-0.2, 0) is 71.8 Å². The molecule has 2 aromatic carbocycles. The quantitative estimate of drug-likeness (QED) is 0.0255. The zero-order valence-electron chi connectivity index (χ0n) is 66.5. The number of aliphatic imine (C=N–C) groups is 3. The van der Waals surface area contributed by atoms with Gasteiger partial charge in [0.15, 0.2) is 17.9 Å². The van der Waals surface area contributed by atoms with Gasteiger partial charge in [0.1, 0.15) is 0 Å². The van der Waals surface area contributed by atoms with Gasteiger partial charge in [0.2, 0.25) is 53.2 Å². The SMILES string of the molecule is CC[C@H](C)[C@@H](CC(=O)N[C@H](CC(=O)N[C@@H](CCCCN=C(N)N)CC(=O)N[C@H](CC(=O)N[C@H](CC(=O)N[C@@H](CCCN=C(N)N)CC(=O)N[C@H](CC(=O)N[C@H](CC(=O)N[C@@H](CCC(=O)O)CC(=O)O)Cc1ccccc1)[C@@H](C)CC)Cc1ccccc1C(F)(F)F)[C@@H](C)CC)CC(C)C)NC(=O)C[C@@H](N)CCCN=C(N)N. The van der Waals surface area contributed by atoms with E-state index in [9.17, 15) is 76.1 Å². The van der Waals surface area contributed by atoms with Gasteiger partial charge in [0, 0.05) is 144 Å². The van der Waals surface area contributed by atoms with Crippen LogP contribution in [0.1, 0.15) is 220 Å². The van der Waals surface area contributed by atoms with Gasteiger partial charge in [-0.05, 0) is 111 Å². The predicted molar refractivity (Wildman–Crippen MR) is 423 cm³/mol. The Kier molecular flexibility index (Phi) is 46.6. The highest BCUT2D eigenvalue weighted by atomic mass is 19.4. The molecular formula is C77H128F3N19O13. The number of carbonyl (C=O) groups is 11. The third kappa shape index (κ3) is 44.9. The lowest BCUT2D eigenvalue weighted by molar-refractivity contribution is -0.140. The normalized spacial score (nSPS) is 14.8. The number of alkyl halides is 3. The van der Waals surface area contributed by atoms with Gasteiger partial charge in [-0.1, -0.05) is 123 Å². The topological polar surface area (TPSA) is 556 Å². The molecule has 0 saturated heterocycles. The highest BCUT2D eigenvalue weighted by Gasteiger charge is 2.36. The number of nitrogens with two attached hydrogens (primary N) is 7. The van der Waals surface area contributed by atoms with E-state index in [2.05, 4.69) is 62.8 Å². The van der Waals surface area contributed by atoms with E-state index in [4.69, 9.17) is 40.1 Å². The fourth-order valence-electron chi connectivity index (χ4n) is 12.9. The summed E-state index contributed by atoms with van der Waals surface area (Å²) in [7, 11) is 0. The van der Waals surface area contributed by atoms with Crippen LogP contribution in [0, 0.1) is 23.7 Å². The largest absolute Gasteiger partial charge is 0.481 e. The first-order valence-electron chi connectivity index (χ1n) is 39.0. The van der Waals surface area contributed by atoms with Crippen molar-refractivity contribution in [3.63, 3.8) is 0 Å². The second-order valence-corrected chi connectivity index (χ2v) is 29.8. The van der Waals surface area contributed by atoms with Gasteiger partial charge < -0.3 is 98.2 Å². The van der Waals surface area contributed by atoms with Crippen LogP contribution in [0.4, 0.5) is 13.2 Å². The van der Waals surface area contributed by atoms with Gasteiger partial charge in [0.25, 0.3) is 0 Å². The molecule has 2 rings (SSSR count). The maximum Gasteiger partial charge on any atom is 0.416 e. The van der Waals surface area contributed by atoms with Crippen molar-refractivity contribution in [1.29, 1.82) is 0 Å². The Morgan fingerprint density at radius 1 is 0.393 bits per heavy atom. The Morgan fingerprint density at radius 2 is 0.741 bits per heavy atom. The van der Waals surface area contributed by atoms with Crippen molar-refractivity contribution in [3.8, 4) is 0 Å². The summed E-state index contributed by atoms with van der Waals surface area (Å²) >= 11 is 0. The van der Waals surface area contributed by atoms with Crippen LogP contribution in [0.15, 0.2) is 69.6 Å². The Labute approximate surface area is 656 Å². The number of guanidine groups is 3. The number of nitrogens with zero attached hydrogens (tertiary/aromatic N) is 3. The number of aliphatic carboxylic acids is 2. The molecular weight excluding hydrogens is 1460 g/mol. The first-order chi connectivity index (χ1) is 52.8. The van der Waals surface area contributed by atoms with Gasteiger partial charge in [0.05, 0.1) is 12.0 Å². The van der Waals surface area contributed by atoms with E-state index in [-0.39, 0.29) is 143 Å². The molecule has 32 nitrogen and oxygen atoms in total. The number of carboxylic acids is 2. The first-order valence-corrected chi connectivity index (χ1v) is 39.0. The van der Waals surface area contributed by atoms with E-state index in [0.717, 1.165) is 11.6 Å². The number of rotatable bonds is 57. The summed E-state index contributed by atoms with van der Waals surface area (Å²) in [6.07, 6.45) is -4.22. The smallest absolute Gasteiger partial charge is 0.416 e.